The van der Waals surface area contributed by atoms with E-state index in [0.29, 0.717) is 6.04 Å². The molecule has 0 aliphatic rings. The average Bonchev–Trinajstić information content (AvgIpc) is 2.26. The second-order valence-corrected chi connectivity index (χ2v) is 3.62. The Morgan fingerprint density at radius 2 is 1.93 bits per heavy atom. The lowest BCUT2D eigenvalue weighted by Gasteiger charge is -2.20. The van der Waals surface area contributed by atoms with Crippen LogP contribution in [0.15, 0.2) is 30.3 Å². The van der Waals surface area contributed by atoms with Gasteiger partial charge in [0.15, 0.2) is 0 Å². The third-order valence-corrected chi connectivity index (χ3v) is 2.48. The van der Waals surface area contributed by atoms with Crippen molar-refractivity contribution in [3.05, 3.63) is 35.9 Å². The molecule has 0 heterocycles. The lowest BCUT2D eigenvalue weighted by Crippen LogP contribution is -2.32. The molecule has 1 aromatic carbocycles. The van der Waals surface area contributed by atoms with Crippen LogP contribution in [0, 0.1) is 0 Å². The van der Waals surface area contributed by atoms with E-state index in [-0.39, 0.29) is 12.6 Å². The van der Waals surface area contributed by atoms with E-state index in [9.17, 15) is 5.11 Å². The van der Waals surface area contributed by atoms with Gasteiger partial charge in [-0.3, -0.25) is 0 Å². The first kappa shape index (κ1) is 11.2. The Morgan fingerprint density at radius 3 is 2.43 bits per heavy atom. The molecule has 78 valence electrons. The van der Waals surface area contributed by atoms with Crippen LogP contribution in [-0.4, -0.2) is 17.8 Å². The van der Waals surface area contributed by atoms with Crippen molar-refractivity contribution in [3.63, 3.8) is 0 Å². The molecule has 2 atom stereocenters. The van der Waals surface area contributed by atoms with Crippen LogP contribution in [0.1, 0.15) is 31.9 Å². The molecule has 0 radical (unpaired) electrons. The molecule has 0 saturated heterocycles. The first-order chi connectivity index (χ1) is 6.77. The van der Waals surface area contributed by atoms with E-state index >= 15 is 0 Å². The molecule has 0 fully saturated rings. The van der Waals surface area contributed by atoms with Gasteiger partial charge in [-0.05, 0) is 18.9 Å². The smallest absolute Gasteiger partial charge is 0.0626 e. The molecular weight excluding hydrogens is 174 g/mol. The van der Waals surface area contributed by atoms with Gasteiger partial charge in [0.2, 0.25) is 0 Å². The van der Waals surface area contributed by atoms with Gasteiger partial charge in [-0.1, -0.05) is 37.3 Å². The summed E-state index contributed by atoms with van der Waals surface area (Å²) < 4.78 is 0. The summed E-state index contributed by atoms with van der Waals surface area (Å²) in [5, 5.41) is 12.6. The molecule has 1 rings (SSSR count). The summed E-state index contributed by atoms with van der Waals surface area (Å²) in [6.07, 6.45) is 1.07. The van der Waals surface area contributed by atoms with Gasteiger partial charge in [0, 0.05) is 6.04 Å². The molecule has 0 aliphatic heterocycles. The summed E-state index contributed by atoms with van der Waals surface area (Å²) in [5.74, 6) is 0. The van der Waals surface area contributed by atoms with Crippen molar-refractivity contribution in [2.75, 3.05) is 6.61 Å². The molecule has 14 heavy (non-hydrogen) atoms. The van der Waals surface area contributed by atoms with E-state index < -0.39 is 0 Å². The highest BCUT2D eigenvalue weighted by molar-refractivity contribution is 5.18. The summed E-state index contributed by atoms with van der Waals surface area (Å²) in [5.41, 5.74) is 1.15. The van der Waals surface area contributed by atoms with Gasteiger partial charge >= 0.3 is 0 Å². The predicted molar refractivity (Wildman–Crippen MR) is 59.2 cm³/mol. The van der Waals surface area contributed by atoms with Gasteiger partial charge in [0.05, 0.1) is 12.6 Å². The fourth-order valence-corrected chi connectivity index (χ4v) is 1.40. The molecule has 0 aromatic heterocycles. The van der Waals surface area contributed by atoms with E-state index in [0.717, 1.165) is 12.0 Å². The van der Waals surface area contributed by atoms with Gasteiger partial charge in [-0.25, -0.2) is 0 Å². The largest absolute Gasteiger partial charge is 0.394 e. The number of rotatable bonds is 5. The van der Waals surface area contributed by atoms with Gasteiger partial charge in [0.25, 0.3) is 0 Å². The average molecular weight is 193 g/mol. The number of hydrogen-bond donors (Lipinski definition) is 2. The minimum atomic E-state index is 0.0612. The molecule has 0 aliphatic carbocycles. The second-order valence-electron chi connectivity index (χ2n) is 3.62. The second kappa shape index (κ2) is 5.78. The number of benzene rings is 1. The molecule has 0 amide bonds. The Balaban J connectivity index is 2.63. The molecule has 1 aromatic rings. The van der Waals surface area contributed by atoms with Crippen molar-refractivity contribution in [2.45, 2.75) is 32.4 Å². The maximum Gasteiger partial charge on any atom is 0.0626 e. The van der Waals surface area contributed by atoms with Crippen molar-refractivity contribution in [1.82, 2.24) is 5.32 Å². The van der Waals surface area contributed by atoms with Crippen LogP contribution in [0.2, 0.25) is 0 Å². The molecule has 0 unspecified atom stereocenters. The maximum atomic E-state index is 9.26. The first-order valence-corrected chi connectivity index (χ1v) is 5.19. The molecule has 0 bridgehead atoms. The molecule has 2 N–H and O–H groups in total. The van der Waals surface area contributed by atoms with Crippen LogP contribution in [0.5, 0.6) is 0 Å². The molecule has 0 saturated carbocycles. The standard InChI is InChI=1S/C12H19NO/c1-3-10(2)13-12(9-14)11-7-5-4-6-8-11/h4-8,10,12-14H,3,9H2,1-2H3/t10-,12+/m0/s1. The van der Waals surface area contributed by atoms with Crippen molar-refractivity contribution in [1.29, 1.82) is 0 Å². The SMILES string of the molecule is CC[C@H](C)N[C@H](CO)c1ccccc1. The molecule has 2 heteroatoms. The zero-order chi connectivity index (χ0) is 10.4. The maximum absolute atomic E-state index is 9.26. The minimum Gasteiger partial charge on any atom is -0.394 e. The number of hydrogen-bond acceptors (Lipinski definition) is 2. The van der Waals surface area contributed by atoms with Gasteiger partial charge in [-0.2, -0.15) is 0 Å². The van der Waals surface area contributed by atoms with Gasteiger partial charge < -0.3 is 10.4 Å². The van der Waals surface area contributed by atoms with Crippen LogP contribution in [-0.2, 0) is 0 Å². The van der Waals surface area contributed by atoms with E-state index in [1.807, 2.05) is 30.3 Å². The van der Waals surface area contributed by atoms with Gasteiger partial charge in [0.1, 0.15) is 0 Å². The highest BCUT2D eigenvalue weighted by Crippen LogP contribution is 2.12. The third kappa shape index (κ3) is 3.13. The van der Waals surface area contributed by atoms with Crippen LogP contribution in [0.25, 0.3) is 0 Å². The number of aliphatic hydroxyl groups excluding tert-OH is 1. The van der Waals surface area contributed by atoms with E-state index in [4.69, 9.17) is 0 Å². The molecular formula is C12H19NO. The number of nitrogens with one attached hydrogen (secondary N) is 1. The summed E-state index contributed by atoms with van der Waals surface area (Å²) in [6.45, 7) is 4.41. The van der Waals surface area contributed by atoms with Crippen LogP contribution < -0.4 is 5.32 Å². The van der Waals surface area contributed by atoms with Gasteiger partial charge in [-0.15, -0.1) is 0 Å². The van der Waals surface area contributed by atoms with Crippen molar-refractivity contribution in [2.24, 2.45) is 0 Å². The Bertz CT molecular complexity index is 248. The monoisotopic (exact) mass is 193 g/mol. The van der Waals surface area contributed by atoms with Crippen molar-refractivity contribution >= 4 is 0 Å². The Kier molecular flexibility index (Phi) is 4.63. The van der Waals surface area contributed by atoms with E-state index in [1.165, 1.54) is 0 Å². The minimum absolute atomic E-state index is 0.0612. The first-order valence-electron chi connectivity index (χ1n) is 5.19. The summed E-state index contributed by atoms with van der Waals surface area (Å²) in [6, 6.07) is 10.6. The molecule has 0 spiro atoms. The lowest BCUT2D eigenvalue weighted by atomic mass is 10.1. The summed E-state index contributed by atoms with van der Waals surface area (Å²) in [4.78, 5) is 0. The Hall–Kier alpha value is -0.860. The zero-order valence-corrected chi connectivity index (χ0v) is 8.90. The summed E-state index contributed by atoms with van der Waals surface area (Å²) in [7, 11) is 0. The van der Waals surface area contributed by atoms with Crippen LogP contribution in [0.4, 0.5) is 0 Å². The van der Waals surface area contributed by atoms with E-state index in [1.54, 1.807) is 0 Å². The Labute approximate surface area is 86.0 Å². The molecule has 2 nitrogen and oxygen atoms in total. The normalized spacial score (nSPS) is 15.1. The quantitative estimate of drug-likeness (QED) is 0.750. The van der Waals surface area contributed by atoms with Crippen LogP contribution in [0.3, 0.4) is 0 Å². The van der Waals surface area contributed by atoms with E-state index in [2.05, 4.69) is 19.2 Å². The topological polar surface area (TPSA) is 32.3 Å². The highest BCUT2D eigenvalue weighted by Gasteiger charge is 2.11. The van der Waals surface area contributed by atoms with Crippen molar-refractivity contribution in [3.8, 4) is 0 Å². The number of aliphatic hydroxyl groups is 1. The zero-order valence-electron chi connectivity index (χ0n) is 8.90. The summed E-state index contributed by atoms with van der Waals surface area (Å²) >= 11 is 0. The fraction of sp³-hybridized carbons (Fsp3) is 0.500. The Morgan fingerprint density at radius 1 is 1.29 bits per heavy atom. The van der Waals surface area contributed by atoms with Crippen LogP contribution >= 0.6 is 0 Å². The van der Waals surface area contributed by atoms with Crippen molar-refractivity contribution < 1.29 is 5.11 Å². The lowest BCUT2D eigenvalue weighted by molar-refractivity contribution is 0.234. The highest BCUT2D eigenvalue weighted by atomic mass is 16.3. The fourth-order valence-electron chi connectivity index (χ4n) is 1.40. The third-order valence-electron chi connectivity index (χ3n) is 2.48. The predicted octanol–water partition coefficient (Wildman–Crippen LogP) is 2.11.